The highest BCUT2D eigenvalue weighted by molar-refractivity contribution is 5.17. The summed E-state index contributed by atoms with van der Waals surface area (Å²) in [5.41, 5.74) is 0.878. The summed E-state index contributed by atoms with van der Waals surface area (Å²) in [6.07, 6.45) is 6.14. The predicted molar refractivity (Wildman–Crippen MR) is 52.1 cm³/mol. The first-order valence-electron chi connectivity index (χ1n) is 5.09. The van der Waals surface area contributed by atoms with Crippen molar-refractivity contribution in [3.8, 4) is 0 Å². The Morgan fingerprint density at radius 3 is 2.69 bits per heavy atom. The third-order valence-electron chi connectivity index (χ3n) is 2.71. The molecule has 0 atom stereocenters. The molecule has 0 nitrogen and oxygen atoms in total. The lowest BCUT2D eigenvalue weighted by molar-refractivity contribution is 0.592. The first-order valence-corrected chi connectivity index (χ1v) is 5.09. The Kier molecular flexibility index (Phi) is 2.62. The van der Waals surface area contributed by atoms with Crippen LogP contribution in [0.4, 0.5) is 4.39 Å². The van der Waals surface area contributed by atoms with Gasteiger partial charge in [-0.3, -0.25) is 0 Å². The molecule has 0 aliphatic heterocycles. The summed E-state index contributed by atoms with van der Waals surface area (Å²) in [6, 6.07) is 7.10. The first kappa shape index (κ1) is 8.74. The van der Waals surface area contributed by atoms with Gasteiger partial charge in [-0.1, -0.05) is 37.5 Å². The van der Waals surface area contributed by atoms with E-state index in [0.717, 1.165) is 24.3 Å². The van der Waals surface area contributed by atoms with Crippen molar-refractivity contribution in [2.45, 2.75) is 32.1 Å². The zero-order valence-corrected chi connectivity index (χ0v) is 7.80. The first-order chi connectivity index (χ1) is 6.36. The van der Waals surface area contributed by atoms with Gasteiger partial charge in [0, 0.05) is 0 Å². The summed E-state index contributed by atoms with van der Waals surface area (Å²) in [5, 5.41) is 0. The molecule has 1 heteroatoms. The number of rotatable bonds is 4. The second kappa shape index (κ2) is 3.91. The monoisotopic (exact) mass is 178 g/mol. The lowest BCUT2D eigenvalue weighted by Gasteiger charge is -2.01. The van der Waals surface area contributed by atoms with E-state index in [1.807, 2.05) is 12.1 Å². The van der Waals surface area contributed by atoms with Crippen molar-refractivity contribution in [3.63, 3.8) is 0 Å². The van der Waals surface area contributed by atoms with Gasteiger partial charge in [0.2, 0.25) is 0 Å². The van der Waals surface area contributed by atoms with Crippen molar-refractivity contribution in [2.24, 2.45) is 5.92 Å². The van der Waals surface area contributed by atoms with Gasteiger partial charge in [-0.15, -0.1) is 0 Å². The van der Waals surface area contributed by atoms with Crippen molar-refractivity contribution in [2.75, 3.05) is 0 Å². The van der Waals surface area contributed by atoms with Gasteiger partial charge < -0.3 is 0 Å². The van der Waals surface area contributed by atoms with Crippen LogP contribution in [0.5, 0.6) is 0 Å². The van der Waals surface area contributed by atoms with E-state index < -0.39 is 0 Å². The molecule has 70 valence electrons. The normalized spacial score (nSPS) is 16.1. The molecule has 2 rings (SSSR count). The fourth-order valence-corrected chi connectivity index (χ4v) is 1.69. The minimum atomic E-state index is -0.0432. The number of hydrogen-bond donors (Lipinski definition) is 0. The quantitative estimate of drug-likeness (QED) is 0.661. The smallest absolute Gasteiger partial charge is 0.126 e. The van der Waals surface area contributed by atoms with Crippen LogP contribution >= 0.6 is 0 Å². The molecule has 1 fully saturated rings. The van der Waals surface area contributed by atoms with E-state index in [0.29, 0.717) is 0 Å². The molecule has 1 aromatic rings. The molecule has 0 amide bonds. The van der Waals surface area contributed by atoms with E-state index in [9.17, 15) is 4.39 Å². The Labute approximate surface area is 78.8 Å². The van der Waals surface area contributed by atoms with Crippen molar-refractivity contribution in [1.29, 1.82) is 0 Å². The Morgan fingerprint density at radius 2 is 2.00 bits per heavy atom. The van der Waals surface area contributed by atoms with E-state index >= 15 is 0 Å². The van der Waals surface area contributed by atoms with Crippen molar-refractivity contribution < 1.29 is 4.39 Å². The van der Waals surface area contributed by atoms with Gasteiger partial charge in [0.05, 0.1) is 0 Å². The molecule has 1 aliphatic carbocycles. The molecule has 1 aliphatic rings. The largest absolute Gasteiger partial charge is 0.207 e. The second-order valence-corrected chi connectivity index (χ2v) is 3.93. The predicted octanol–water partition coefficient (Wildman–Crippen LogP) is 3.56. The van der Waals surface area contributed by atoms with E-state index in [1.54, 1.807) is 12.1 Å². The van der Waals surface area contributed by atoms with Gasteiger partial charge in [-0.2, -0.15) is 0 Å². The third kappa shape index (κ3) is 2.55. The van der Waals surface area contributed by atoms with Crippen LogP contribution in [0.25, 0.3) is 0 Å². The topological polar surface area (TPSA) is 0 Å². The number of halogens is 1. The van der Waals surface area contributed by atoms with Gasteiger partial charge in [0.15, 0.2) is 0 Å². The molecule has 0 spiro atoms. The summed E-state index contributed by atoms with van der Waals surface area (Å²) >= 11 is 0. The summed E-state index contributed by atoms with van der Waals surface area (Å²) in [5.74, 6) is 0.921. The van der Waals surface area contributed by atoms with Crippen LogP contribution in [0, 0.1) is 11.7 Å². The molecule has 0 N–H and O–H groups in total. The Balaban J connectivity index is 1.82. The van der Waals surface area contributed by atoms with Crippen LogP contribution in [0.3, 0.4) is 0 Å². The number of aryl methyl sites for hydroxylation is 1. The highest BCUT2D eigenvalue weighted by Gasteiger charge is 2.20. The maximum Gasteiger partial charge on any atom is 0.126 e. The fourth-order valence-electron chi connectivity index (χ4n) is 1.69. The van der Waals surface area contributed by atoms with Gasteiger partial charge in [-0.05, 0) is 30.4 Å². The zero-order chi connectivity index (χ0) is 9.10. The maximum absolute atomic E-state index is 13.1. The molecule has 0 saturated heterocycles. The minimum absolute atomic E-state index is 0.0432. The van der Waals surface area contributed by atoms with Gasteiger partial charge >= 0.3 is 0 Å². The summed E-state index contributed by atoms with van der Waals surface area (Å²) in [6.45, 7) is 0. The summed E-state index contributed by atoms with van der Waals surface area (Å²) in [7, 11) is 0. The molecule has 0 radical (unpaired) electrons. The summed E-state index contributed by atoms with van der Waals surface area (Å²) < 4.78 is 13.1. The molecule has 0 heterocycles. The lowest BCUT2D eigenvalue weighted by atomic mass is 10.1. The zero-order valence-electron chi connectivity index (χ0n) is 7.80. The van der Waals surface area contributed by atoms with Crippen molar-refractivity contribution in [1.82, 2.24) is 0 Å². The maximum atomic E-state index is 13.1. The molecular formula is C12H15F. The Hall–Kier alpha value is -0.850. The molecule has 13 heavy (non-hydrogen) atoms. The number of benzene rings is 1. The van der Waals surface area contributed by atoms with Gasteiger partial charge in [0.1, 0.15) is 5.82 Å². The highest BCUT2D eigenvalue weighted by atomic mass is 19.1. The van der Waals surface area contributed by atoms with E-state index in [1.165, 1.54) is 19.3 Å². The van der Waals surface area contributed by atoms with Crippen molar-refractivity contribution in [3.05, 3.63) is 35.6 Å². The summed E-state index contributed by atoms with van der Waals surface area (Å²) in [4.78, 5) is 0. The lowest BCUT2D eigenvalue weighted by Crippen LogP contribution is -1.90. The van der Waals surface area contributed by atoms with Gasteiger partial charge in [0.25, 0.3) is 0 Å². The number of hydrogen-bond acceptors (Lipinski definition) is 0. The van der Waals surface area contributed by atoms with Crippen LogP contribution in [0.2, 0.25) is 0 Å². The van der Waals surface area contributed by atoms with E-state index in [4.69, 9.17) is 0 Å². The molecule has 0 bridgehead atoms. The SMILES string of the molecule is Fc1ccccc1CCCC1CC1. The molecule has 0 aromatic heterocycles. The van der Waals surface area contributed by atoms with Crippen molar-refractivity contribution >= 4 is 0 Å². The van der Waals surface area contributed by atoms with Crippen LogP contribution < -0.4 is 0 Å². The van der Waals surface area contributed by atoms with E-state index in [2.05, 4.69) is 0 Å². The van der Waals surface area contributed by atoms with Gasteiger partial charge in [-0.25, -0.2) is 4.39 Å². The standard InChI is InChI=1S/C12H15F/c13-12-7-2-1-5-11(12)6-3-4-10-8-9-10/h1-2,5,7,10H,3-4,6,8-9H2. The second-order valence-electron chi connectivity index (χ2n) is 3.93. The fraction of sp³-hybridized carbons (Fsp3) is 0.500. The third-order valence-corrected chi connectivity index (χ3v) is 2.71. The van der Waals surface area contributed by atoms with Crippen LogP contribution in [0.15, 0.2) is 24.3 Å². The van der Waals surface area contributed by atoms with E-state index in [-0.39, 0.29) is 5.82 Å². The van der Waals surface area contributed by atoms with Crippen LogP contribution in [-0.4, -0.2) is 0 Å². The Bertz CT molecular complexity index is 276. The molecule has 1 aromatic carbocycles. The minimum Gasteiger partial charge on any atom is -0.207 e. The Morgan fingerprint density at radius 1 is 1.23 bits per heavy atom. The average Bonchev–Trinajstić information content (AvgIpc) is 2.92. The highest BCUT2D eigenvalue weighted by Crippen LogP contribution is 2.33. The average molecular weight is 178 g/mol. The molecule has 0 unspecified atom stereocenters. The van der Waals surface area contributed by atoms with Crippen LogP contribution in [-0.2, 0) is 6.42 Å². The molecule has 1 saturated carbocycles. The molecular weight excluding hydrogens is 163 g/mol. The van der Waals surface area contributed by atoms with Crippen LogP contribution in [0.1, 0.15) is 31.2 Å².